The fraction of sp³-hybridized carbons (Fsp3) is 0.533. The van der Waals surface area contributed by atoms with Crippen LogP contribution in [0, 0.1) is 5.41 Å². The molecule has 112 valence electrons. The number of amides is 1. The van der Waals surface area contributed by atoms with Crippen molar-refractivity contribution in [1.29, 1.82) is 0 Å². The summed E-state index contributed by atoms with van der Waals surface area (Å²) in [5.41, 5.74) is 6.43. The molecule has 5 heteroatoms. The van der Waals surface area contributed by atoms with E-state index in [1.54, 1.807) is 0 Å². The van der Waals surface area contributed by atoms with Gasteiger partial charge in [-0.15, -0.1) is 12.4 Å². The third-order valence-corrected chi connectivity index (χ3v) is 3.78. The van der Waals surface area contributed by atoms with Gasteiger partial charge in [0.05, 0.1) is 5.54 Å². The summed E-state index contributed by atoms with van der Waals surface area (Å²) in [4.78, 5) is 11.8. The number of nitrogens with two attached hydrogens (primary N) is 1. The molecule has 0 heterocycles. The third-order valence-electron chi connectivity index (χ3n) is 3.54. The van der Waals surface area contributed by atoms with Crippen molar-refractivity contribution in [2.24, 2.45) is 11.1 Å². The summed E-state index contributed by atoms with van der Waals surface area (Å²) in [5.74, 6) is -0.0216. The molecule has 1 aliphatic carbocycles. The molecule has 1 aliphatic rings. The first-order chi connectivity index (χ1) is 8.81. The number of halogens is 2. The molecular weight excluding hydrogens is 295 g/mol. The Labute approximate surface area is 131 Å². The van der Waals surface area contributed by atoms with Gasteiger partial charge >= 0.3 is 0 Å². The van der Waals surface area contributed by atoms with E-state index < -0.39 is 5.54 Å². The maximum atomic E-state index is 11.8. The zero-order valence-electron chi connectivity index (χ0n) is 11.9. The van der Waals surface area contributed by atoms with Crippen molar-refractivity contribution < 1.29 is 4.79 Å². The highest BCUT2D eigenvalue weighted by Crippen LogP contribution is 2.32. The molecular formula is C15H22Cl2N2O. The summed E-state index contributed by atoms with van der Waals surface area (Å²) in [7, 11) is 0. The summed E-state index contributed by atoms with van der Waals surface area (Å²) in [6.07, 6.45) is 2.46. The Balaban J connectivity index is 0.00000200. The molecule has 1 aromatic carbocycles. The van der Waals surface area contributed by atoms with Crippen LogP contribution in [-0.2, 0) is 11.2 Å². The van der Waals surface area contributed by atoms with Gasteiger partial charge in [-0.05, 0) is 42.4 Å². The van der Waals surface area contributed by atoms with Gasteiger partial charge in [-0.1, -0.05) is 37.6 Å². The molecule has 20 heavy (non-hydrogen) atoms. The number of nitrogens with one attached hydrogen (secondary N) is 1. The molecule has 3 nitrogen and oxygen atoms in total. The molecule has 3 N–H and O–H groups in total. The van der Waals surface area contributed by atoms with Gasteiger partial charge < -0.3 is 11.1 Å². The lowest BCUT2D eigenvalue weighted by molar-refractivity contribution is -0.123. The van der Waals surface area contributed by atoms with Crippen molar-refractivity contribution in [2.75, 3.05) is 6.54 Å². The number of hydrogen-bond donors (Lipinski definition) is 2. The molecule has 0 atom stereocenters. The van der Waals surface area contributed by atoms with Gasteiger partial charge in [0.25, 0.3) is 0 Å². The fourth-order valence-corrected chi connectivity index (χ4v) is 2.33. The highest BCUT2D eigenvalue weighted by Gasteiger charge is 2.46. The van der Waals surface area contributed by atoms with Gasteiger partial charge in [-0.25, -0.2) is 0 Å². The van der Waals surface area contributed by atoms with Crippen molar-refractivity contribution in [3.05, 3.63) is 34.9 Å². The van der Waals surface area contributed by atoms with Gasteiger partial charge in [-0.2, -0.15) is 0 Å². The Bertz CT molecular complexity index is 485. The molecule has 0 unspecified atom stereocenters. The fourth-order valence-electron chi connectivity index (χ4n) is 2.12. The molecule has 0 bridgehead atoms. The average molecular weight is 317 g/mol. The Hall–Kier alpha value is -0.770. The van der Waals surface area contributed by atoms with Crippen molar-refractivity contribution in [3.8, 4) is 0 Å². The molecule has 0 spiro atoms. The lowest BCUT2D eigenvalue weighted by Gasteiger charge is -2.26. The molecule has 0 aliphatic heterocycles. The second-order valence-corrected chi connectivity index (χ2v) is 6.75. The average Bonchev–Trinajstić information content (AvgIpc) is 3.05. The van der Waals surface area contributed by atoms with E-state index in [-0.39, 0.29) is 23.7 Å². The van der Waals surface area contributed by atoms with Gasteiger partial charge in [0.15, 0.2) is 0 Å². The highest BCUT2D eigenvalue weighted by molar-refractivity contribution is 6.30. The number of hydrogen-bond acceptors (Lipinski definition) is 2. The number of carbonyl (C=O) groups is 1. The topological polar surface area (TPSA) is 55.1 Å². The normalized spacial score (nSPS) is 16.2. The van der Waals surface area contributed by atoms with Crippen molar-refractivity contribution >= 4 is 29.9 Å². The van der Waals surface area contributed by atoms with Crippen LogP contribution >= 0.6 is 24.0 Å². The van der Waals surface area contributed by atoms with E-state index in [9.17, 15) is 4.79 Å². The Morgan fingerprint density at radius 2 is 2.10 bits per heavy atom. The minimum atomic E-state index is -0.591. The minimum Gasteiger partial charge on any atom is -0.354 e. The summed E-state index contributed by atoms with van der Waals surface area (Å²) in [5, 5.41) is 3.71. The van der Waals surface area contributed by atoms with E-state index >= 15 is 0 Å². The SMILES string of the molecule is CC(C)(CNC(=O)C1(N)CC1)Cc1cccc(Cl)c1.Cl. The molecule has 1 amide bonds. The van der Waals surface area contributed by atoms with Crippen LogP contribution in [-0.4, -0.2) is 18.0 Å². The zero-order chi connectivity index (χ0) is 14.1. The first kappa shape index (κ1) is 17.3. The second-order valence-electron chi connectivity index (χ2n) is 6.31. The van der Waals surface area contributed by atoms with Crippen molar-refractivity contribution in [3.63, 3.8) is 0 Å². The maximum absolute atomic E-state index is 11.8. The van der Waals surface area contributed by atoms with E-state index in [4.69, 9.17) is 17.3 Å². The molecule has 1 fully saturated rings. The zero-order valence-corrected chi connectivity index (χ0v) is 13.5. The number of rotatable bonds is 5. The molecule has 1 aromatic rings. The largest absolute Gasteiger partial charge is 0.354 e. The molecule has 0 saturated heterocycles. The standard InChI is InChI=1S/C15H21ClN2O.ClH/c1-14(2,9-11-4-3-5-12(16)8-11)10-18-13(19)15(17)6-7-15;/h3-5,8H,6-7,9-10,17H2,1-2H3,(H,18,19);1H. The van der Waals surface area contributed by atoms with E-state index in [0.717, 1.165) is 24.3 Å². The Morgan fingerprint density at radius 3 is 2.65 bits per heavy atom. The molecule has 2 rings (SSSR count). The number of benzene rings is 1. The van der Waals surface area contributed by atoms with Crippen LogP contribution < -0.4 is 11.1 Å². The van der Waals surface area contributed by atoms with Crippen molar-refractivity contribution in [2.45, 2.75) is 38.6 Å². The second kappa shape index (κ2) is 6.33. The molecule has 1 saturated carbocycles. The van der Waals surface area contributed by atoms with E-state index in [2.05, 4.69) is 25.2 Å². The highest BCUT2D eigenvalue weighted by atomic mass is 35.5. The lowest BCUT2D eigenvalue weighted by Crippen LogP contribution is -2.46. The summed E-state index contributed by atoms with van der Waals surface area (Å²) in [6.45, 7) is 4.88. The van der Waals surface area contributed by atoms with Gasteiger partial charge in [-0.3, -0.25) is 4.79 Å². The van der Waals surface area contributed by atoms with Crippen LogP contribution in [0.4, 0.5) is 0 Å². The van der Waals surface area contributed by atoms with Crippen LogP contribution in [0.15, 0.2) is 24.3 Å². The van der Waals surface area contributed by atoms with Crippen LogP contribution in [0.1, 0.15) is 32.3 Å². The summed E-state index contributed by atoms with van der Waals surface area (Å²) in [6, 6.07) is 7.84. The Morgan fingerprint density at radius 1 is 1.45 bits per heavy atom. The van der Waals surface area contributed by atoms with Crippen LogP contribution in [0.25, 0.3) is 0 Å². The summed E-state index contributed by atoms with van der Waals surface area (Å²) < 4.78 is 0. The minimum absolute atomic E-state index is 0. The van der Waals surface area contributed by atoms with Gasteiger partial charge in [0, 0.05) is 11.6 Å². The van der Waals surface area contributed by atoms with Gasteiger partial charge in [0.1, 0.15) is 0 Å². The smallest absolute Gasteiger partial charge is 0.240 e. The molecule has 0 radical (unpaired) electrons. The van der Waals surface area contributed by atoms with E-state index in [0.29, 0.717) is 6.54 Å². The lowest BCUT2D eigenvalue weighted by atomic mass is 9.85. The summed E-state index contributed by atoms with van der Waals surface area (Å²) >= 11 is 5.98. The van der Waals surface area contributed by atoms with Crippen LogP contribution in [0.3, 0.4) is 0 Å². The first-order valence-electron chi connectivity index (χ1n) is 6.62. The third kappa shape index (κ3) is 4.65. The quantitative estimate of drug-likeness (QED) is 0.877. The predicted octanol–water partition coefficient (Wildman–Crippen LogP) is 2.94. The van der Waals surface area contributed by atoms with Gasteiger partial charge in [0.2, 0.25) is 5.91 Å². The first-order valence-corrected chi connectivity index (χ1v) is 7.00. The maximum Gasteiger partial charge on any atom is 0.240 e. The monoisotopic (exact) mass is 316 g/mol. The number of carbonyl (C=O) groups excluding carboxylic acids is 1. The van der Waals surface area contributed by atoms with E-state index in [1.807, 2.05) is 18.2 Å². The Kier molecular flexibility index (Phi) is 5.47. The van der Waals surface area contributed by atoms with Crippen LogP contribution in [0.5, 0.6) is 0 Å². The van der Waals surface area contributed by atoms with Crippen LogP contribution in [0.2, 0.25) is 5.02 Å². The predicted molar refractivity (Wildman–Crippen MR) is 85.3 cm³/mol. The van der Waals surface area contributed by atoms with E-state index in [1.165, 1.54) is 5.56 Å². The molecule has 0 aromatic heterocycles. The van der Waals surface area contributed by atoms with Crippen molar-refractivity contribution in [1.82, 2.24) is 5.32 Å².